The normalized spacial score (nSPS) is 9.88. The Kier molecular flexibility index (Phi) is 2.91. The molecule has 0 radical (unpaired) electrons. The van der Waals surface area contributed by atoms with Crippen molar-refractivity contribution in [3.63, 3.8) is 0 Å². The Labute approximate surface area is 97.6 Å². The SMILES string of the molecule is Nc1ccc(Oc2ccc([N+](=O)O)cc2)cc1. The van der Waals surface area contributed by atoms with Crippen LogP contribution in [0.2, 0.25) is 0 Å². The van der Waals surface area contributed by atoms with E-state index in [4.69, 9.17) is 15.7 Å². The molecule has 0 atom stereocenters. The lowest BCUT2D eigenvalue weighted by molar-refractivity contribution is -0.729. The summed E-state index contributed by atoms with van der Waals surface area (Å²) in [6.07, 6.45) is 0. The third-order valence-corrected chi connectivity index (χ3v) is 2.17. The highest BCUT2D eigenvalue weighted by Crippen LogP contribution is 2.24. The minimum atomic E-state index is -0.201. The summed E-state index contributed by atoms with van der Waals surface area (Å²) in [4.78, 5) is 10.4. The lowest BCUT2D eigenvalue weighted by Crippen LogP contribution is -1.91. The van der Waals surface area contributed by atoms with E-state index in [1.165, 1.54) is 12.1 Å². The fraction of sp³-hybridized carbons (Fsp3) is 0. The minimum absolute atomic E-state index is 0.148. The average Bonchev–Trinajstić information content (AvgIpc) is 2.33. The van der Waals surface area contributed by atoms with Crippen molar-refractivity contribution in [1.29, 1.82) is 0 Å². The Bertz CT molecular complexity index is 520. The zero-order valence-electron chi connectivity index (χ0n) is 8.91. The van der Waals surface area contributed by atoms with Crippen molar-refractivity contribution in [2.45, 2.75) is 0 Å². The largest absolute Gasteiger partial charge is 0.457 e. The van der Waals surface area contributed by atoms with E-state index in [1.807, 2.05) is 0 Å². The number of hydrogen-bond donors (Lipinski definition) is 2. The van der Waals surface area contributed by atoms with Gasteiger partial charge < -0.3 is 10.5 Å². The second-order valence-corrected chi connectivity index (χ2v) is 3.44. The number of benzene rings is 2. The Hall–Kier alpha value is -2.56. The molecule has 0 bridgehead atoms. The second kappa shape index (κ2) is 4.52. The molecule has 5 heteroatoms. The predicted octanol–water partition coefficient (Wildman–Crippen LogP) is 2.86. The third kappa shape index (κ3) is 2.72. The van der Waals surface area contributed by atoms with Crippen LogP contribution < -0.4 is 10.5 Å². The molecule has 0 aromatic heterocycles. The van der Waals surface area contributed by atoms with Crippen LogP contribution in [0.4, 0.5) is 11.4 Å². The first kappa shape index (κ1) is 10.9. The molecule has 0 amide bonds. The molecule has 0 unspecified atom stereocenters. The van der Waals surface area contributed by atoms with Crippen LogP contribution in [0.3, 0.4) is 0 Å². The van der Waals surface area contributed by atoms with E-state index in [9.17, 15) is 4.91 Å². The molecule has 2 rings (SSSR count). The van der Waals surface area contributed by atoms with Crippen LogP contribution in [0.15, 0.2) is 48.5 Å². The molecule has 0 aliphatic heterocycles. The van der Waals surface area contributed by atoms with Crippen molar-refractivity contribution in [2.24, 2.45) is 0 Å². The summed E-state index contributed by atoms with van der Waals surface area (Å²) in [5, 5.41) is 8.66. The topological polar surface area (TPSA) is 75.6 Å². The number of nitrogens with zero attached hydrogens (tertiary/aromatic N) is 1. The van der Waals surface area contributed by atoms with Gasteiger partial charge in [-0.3, -0.25) is 0 Å². The van der Waals surface area contributed by atoms with Crippen LogP contribution in [0, 0.1) is 4.91 Å². The summed E-state index contributed by atoms with van der Waals surface area (Å²) in [5.74, 6) is 1.22. The average molecular weight is 231 g/mol. The fourth-order valence-electron chi connectivity index (χ4n) is 1.31. The molecular formula is C12H11N2O3+. The molecule has 3 N–H and O–H groups in total. The molecule has 2 aromatic rings. The quantitative estimate of drug-likeness (QED) is 0.629. The Balaban J connectivity index is 2.13. The highest BCUT2D eigenvalue weighted by molar-refractivity contribution is 5.44. The van der Waals surface area contributed by atoms with Gasteiger partial charge in [0.05, 0.1) is 4.91 Å². The summed E-state index contributed by atoms with van der Waals surface area (Å²) in [6, 6.07) is 13.1. The highest BCUT2D eigenvalue weighted by atomic mass is 16.6. The monoisotopic (exact) mass is 231 g/mol. The van der Waals surface area contributed by atoms with Gasteiger partial charge in [0, 0.05) is 17.8 Å². The van der Waals surface area contributed by atoms with Gasteiger partial charge in [0.15, 0.2) is 0 Å². The Morgan fingerprint density at radius 1 is 0.941 bits per heavy atom. The molecule has 5 nitrogen and oxygen atoms in total. The standard InChI is InChI=1S/C12H11N2O3/c13-9-1-5-11(6-2-9)17-12-7-3-10(4-8-12)14(15)16/h1-8H,13H2,(H,15,16)/q+1. The van der Waals surface area contributed by atoms with Crippen LogP contribution in [0.25, 0.3) is 0 Å². The van der Waals surface area contributed by atoms with Gasteiger partial charge >= 0.3 is 5.69 Å². The van der Waals surface area contributed by atoms with Crippen LogP contribution in [0.1, 0.15) is 0 Å². The maximum Gasteiger partial charge on any atom is 0.316 e. The van der Waals surface area contributed by atoms with Gasteiger partial charge in [0.1, 0.15) is 11.5 Å². The molecule has 0 aliphatic carbocycles. The van der Waals surface area contributed by atoms with Crippen molar-refractivity contribution in [2.75, 3.05) is 5.73 Å². The van der Waals surface area contributed by atoms with Gasteiger partial charge in [-0.2, -0.15) is 0 Å². The molecule has 0 saturated heterocycles. The van der Waals surface area contributed by atoms with Gasteiger partial charge in [-0.15, -0.1) is 0 Å². The Morgan fingerprint density at radius 2 is 1.41 bits per heavy atom. The lowest BCUT2D eigenvalue weighted by atomic mass is 10.3. The lowest BCUT2D eigenvalue weighted by Gasteiger charge is -2.04. The number of nitrogen functional groups attached to an aromatic ring is 1. The van der Waals surface area contributed by atoms with E-state index in [0.717, 1.165) is 0 Å². The van der Waals surface area contributed by atoms with Gasteiger partial charge in [0.2, 0.25) is 0 Å². The summed E-state index contributed by atoms with van der Waals surface area (Å²) in [5.41, 5.74) is 6.36. The maximum atomic E-state index is 10.6. The van der Waals surface area contributed by atoms with Crippen molar-refractivity contribution in [3.05, 3.63) is 53.4 Å². The molecule has 0 aliphatic rings. The van der Waals surface area contributed by atoms with Crippen LogP contribution in [0.5, 0.6) is 11.5 Å². The minimum Gasteiger partial charge on any atom is -0.457 e. The van der Waals surface area contributed by atoms with Crippen molar-refractivity contribution in [3.8, 4) is 11.5 Å². The molecule has 2 aromatic carbocycles. The third-order valence-electron chi connectivity index (χ3n) is 2.17. The van der Waals surface area contributed by atoms with E-state index >= 15 is 0 Å². The molecular weight excluding hydrogens is 220 g/mol. The zero-order chi connectivity index (χ0) is 12.3. The number of nitrogens with two attached hydrogens (primary N) is 1. The first-order valence-electron chi connectivity index (χ1n) is 4.95. The van der Waals surface area contributed by atoms with E-state index in [-0.39, 0.29) is 10.6 Å². The molecule has 0 heterocycles. The molecule has 0 saturated carbocycles. The molecule has 86 valence electrons. The number of rotatable bonds is 3. The first-order chi connectivity index (χ1) is 8.15. The maximum absolute atomic E-state index is 10.6. The van der Waals surface area contributed by atoms with Crippen LogP contribution in [-0.4, -0.2) is 10.1 Å². The highest BCUT2D eigenvalue weighted by Gasteiger charge is 2.10. The van der Waals surface area contributed by atoms with Gasteiger partial charge in [-0.1, -0.05) is 0 Å². The summed E-state index contributed by atoms with van der Waals surface area (Å²) < 4.78 is 5.51. The van der Waals surface area contributed by atoms with E-state index < -0.39 is 0 Å². The molecule has 0 fully saturated rings. The predicted molar refractivity (Wildman–Crippen MR) is 62.4 cm³/mol. The van der Waals surface area contributed by atoms with Crippen LogP contribution >= 0.6 is 0 Å². The van der Waals surface area contributed by atoms with Crippen molar-refractivity contribution >= 4 is 11.4 Å². The van der Waals surface area contributed by atoms with Gasteiger partial charge in [0.25, 0.3) is 4.92 Å². The smallest absolute Gasteiger partial charge is 0.316 e. The molecule has 0 spiro atoms. The Morgan fingerprint density at radius 3 is 1.88 bits per heavy atom. The zero-order valence-corrected chi connectivity index (χ0v) is 8.91. The van der Waals surface area contributed by atoms with Gasteiger partial charge in [-0.05, 0) is 36.4 Å². The summed E-state index contributed by atoms with van der Waals surface area (Å²) in [7, 11) is 0. The number of ether oxygens (including phenoxy) is 1. The fourth-order valence-corrected chi connectivity index (χ4v) is 1.31. The van der Waals surface area contributed by atoms with E-state index in [2.05, 4.69) is 0 Å². The number of hydrogen-bond acceptors (Lipinski definition) is 3. The van der Waals surface area contributed by atoms with Crippen molar-refractivity contribution < 1.29 is 14.9 Å². The van der Waals surface area contributed by atoms with Gasteiger partial charge in [-0.25, -0.2) is 5.21 Å². The van der Waals surface area contributed by atoms with E-state index in [1.54, 1.807) is 36.4 Å². The summed E-state index contributed by atoms with van der Waals surface area (Å²) in [6.45, 7) is 0. The first-order valence-corrected chi connectivity index (χ1v) is 4.95. The van der Waals surface area contributed by atoms with Crippen LogP contribution in [-0.2, 0) is 0 Å². The molecule has 17 heavy (non-hydrogen) atoms. The second-order valence-electron chi connectivity index (χ2n) is 3.44. The van der Waals surface area contributed by atoms with E-state index in [0.29, 0.717) is 17.2 Å². The number of anilines is 1. The van der Waals surface area contributed by atoms with Crippen molar-refractivity contribution in [1.82, 2.24) is 0 Å². The summed E-state index contributed by atoms with van der Waals surface area (Å²) >= 11 is 0.